The molecule has 0 amide bonds. The van der Waals surface area contributed by atoms with Gasteiger partial charge in [-0.1, -0.05) is 0 Å². The van der Waals surface area contributed by atoms with Gasteiger partial charge in [-0.2, -0.15) is 0 Å². The number of rotatable bonds is 4. The van der Waals surface area contributed by atoms with Crippen LogP contribution in [0.15, 0.2) is 23.9 Å². The van der Waals surface area contributed by atoms with E-state index in [4.69, 9.17) is 5.11 Å². The maximum atomic E-state index is 12.3. The first kappa shape index (κ1) is 16.0. The van der Waals surface area contributed by atoms with Crippen molar-refractivity contribution in [2.45, 2.75) is 11.8 Å². The molecule has 2 aromatic heterocycles. The third-order valence-electron chi connectivity index (χ3n) is 2.32. The molecule has 0 aliphatic heterocycles. The molecule has 0 fully saturated rings. The highest BCUT2D eigenvalue weighted by molar-refractivity contribution is 9.12. The van der Waals surface area contributed by atoms with Gasteiger partial charge in [0.15, 0.2) is 0 Å². The number of carbonyl (C=O) groups is 1. The van der Waals surface area contributed by atoms with Gasteiger partial charge in [-0.15, -0.1) is 22.7 Å². The van der Waals surface area contributed by atoms with Gasteiger partial charge in [0.1, 0.15) is 9.77 Å². The Kier molecular flexibility index (Phi) is 4.59. The van der Waals surface area contributed by atoms with Crippen molar-refractivity contribution < 1.29 is 18.3 Å². The number of carboxylic acid groups (broad SMARTS) is 1. The first-order valence-electron chi connectivity index (χ1n) is 5.01. The Morgan fingerprint density at radius 1 is 1.40 bits per heavy atom. The number of carboxylic acids is 1. The molecule has 0 saturated carbocycles. The first-order valence-corrected chi connectivity index (χ1v) is 9.78. The van der Waals surface area contributed by atoms with Gasteiger partial charge in [0.05, 0.1) is 13.3 Å². The van der Waals surface area contributed by atoms with E-state index in [9.17, 15) is 13.2 Å². The summed E-state index contributed by atoms with van der Waals surface area (Å²) in [4.78, 5) is 11.1. The molecule has 2 N–H and O–H groups in total. The Morgan fingerprint density at radius 2 is 2.05 bits per heavy atom. The largest absolute Gasteiger partial charge is 0.477 e. The fourth-order valence-corrected chi connectivity index (χ4v) is 7.29. The van der Waals surface area contributed by atoms with Crippen molar-refractivity contribution in [3.63, 3.8) is 0 Å². The molecule has 108 valence electrons. The lowest BCUT2D eigenvalue weighted by Gasteiger charge is -2.08. The van der Waals surface area contributed by atoms with Crippen molar-refractivity contribution >= 4 is 76.2 Å². The van der Waals surface area contributed by atoms with Gasteiger partial charge in [-0.05, 0) is 55.8 Å². The summed E-state index contributed by atoms with van der Waals surface area (Å²) in [6.45, 7) is 1.65. The van der Waals surface area contributed by atoms with Crippen molar-refractivity contribution in [1.29, 1.82) is 0 Å². The van der Waals surface area contributed by atoms with Crippen LogP contribution >= 0.6 is 54.5 Å². The molecule has 0 aliphatic rings. The molecule has 0 atom stereocenters. The van der Waals surface area contributed by atoms with Crippen molar-refractivity contribution in [2.24, 2.45) is 0 Å². The minimum atomic E-state index is -3.84. The summed E-state index contributed by atoms with van der Waals surface area (Å²) in [7, 11) is -3.84. The lowest BCUT2D eigenvalue weighted by Crippen LogP contribution is -2.14. The Hall–Kier alpha value is -0.420. The van der Waals surface area contributed by atoms with Crippen molar-refractivity contribution in [1.82, 2.24) is 0 Å². The maximum absolute atomic E-state index is 12.3. The van der Waals surface area contributed by atoms with Gasteiger partial charge in [0, 0.05) is 0 Å². The van der Waals surface area contributed by atoms with Crippen LogP contribution in [0, 0.1) is 6.92 Å². The van der Waals surface area contributed by atoms with Crippen LogP contribution in [0.5, 0.6) is 0 Å². The molecule has 0 aromatic carbocycles. The Bertz CT molecular complexity index is 779. The fourth-order valence-electron chi connectivity index (χ4n) is 1.43. The highest BCUT2D eigenvalue weighted by atomic mass is 79.9. The van der Waals surface area contributed by atoms with Crippen LogP contribution in [-0.2, 0) is 10.0 Å². The lowest BCUT2D eigenvalue weighted by atomic mass is 10.3. The van der Waals surface area contributed by atoms with E-state index in [-0.39, 0.29) is 15.5 Å². The Labute approximate surface area is 140 Å². The number of aryl methyl sites for hydroxylation is 1. The third-order valence-corrected chi connectivity index (χ3v) is 7.51. The van der Waals surface area contributed by atoms with Crippen LogP contribution in [-0.4, -0.2) is 19.5 Å². The summed E-state index contributed by atoms with van der Waals surface area (Å²) in [5.41, 5.74) is 0.679. The number of aromatic carboxylic acids is 1. The van der Waals surface area contributed by atoms with E-state index in [1.807, 2.05) is 0 Å². The van der Waals surface area contributed by atoms with E-state index in [0.29, 0.717) is 13.1 Å². The second-order valence-electron chi connectivity index (χ2n) is 3.72. The van der Waals surface area contributed by atoms with E-state index in [0.717, 1.165) is 11.3 Å². The van der Waals surface area contributed by atoms with Crippen LogP contribution in [0.1, 0.15) is 15.2 Å². The minimum Gasteiger partial charge on any atom is -0.477 e. The van der Waals surface area contributed by atoms with Crippen LogP contribution in [0.3, 0.4) is 0 Å². The van der Waals surface area contributed by atoms with Crippen molar-refractivity contribution in [3.05, 3.63) is 29.5 Å². The second-order valence-corrected chi connectivity index (χ2v) is 10.0. The van der Waals surface area contributed by atoms with E-state index >= 15 is 0 Å². The molecular weight excluding hydrogens is 454 g/mol. The number of halogens is 2. The number of sulfonamides is 1. The van der Waals surface area contributed by atoms with Gasteiger partial charge in [-0.3, -0.25) is 4.72 Å². The SMILES string of the molecule is Cc1csc(C(=O)O)c1NS(=O)(=O)c1cc(Br)sc1Br. The summed E-state index contributed by atoms with van der Waals surface area (Å²) in [6.07, 6.45) is 0. The van der Waals surface area contributed by atoms with Crippen molar-refractivity contribution in [3.8, 4) is 0 Å². The van der Waals surface area contributed by atoms with E-state index < -0.39 is 16.0 Å². The topological polar surface area (TPSA) is 83.5 Å². The smallest absolute Gasteiger partial charge is 0.348 e. The molecule has 5 nitrogen and oxygen atoms in total. The number of hydrogen-bond acceptors (Lipinski definition) is 5. The molecule has 2 rings (SSSR count). The third kappa shape index (κ3) is 3.08. The number of hydrogen-bond donors (Lipinski definition) is 2. The fraction of sp³-hybridized carbons (Fsp3) is 0.100. The zero-order valence-electron chi connectivity index (χ0n) is 9.81. The molecule has 2 heterocycles. The van der Waals surface area contributed by atoms with E-state index in [2.05, 4.69) is 36.6 Å². The highest BCUT2D eigenvalue weighted by Gasteiger charge is 2.25. The summed E-state index contributed by atoms with van der Waals surface area (Å²) >= 11 is 8.60. The zero-order chi connectivity index (χ0) is 15.1. The molecular formula is C10H7Br2NO4S3. The average molecular weight is 461 g/mol. The number of thiophene rings is 2. The summed E-state index contributed by atoms with van der Waals surface area (Å²) in [5.74, 6) is -1.16. The van der Waals surface area contributed by atoms with Crippen LogP contribution in [0.2, 0.25) is 0 Å². The molecule has 0 aliphatic carbocycles. The van der Waals surface area contributed by atoms with Crippen LogP contribution in [0.4, 0.5) is 5.69 Å². The lowest BCUT2D eigenvalue weighted by molar-refractivity contribution is 0.0703. The van der Waals surface area contributed by atoms with Gasteiger partial charge >= 0.3 is 5.97 Å². The molecule has 0 spiro atoms. The number of nitrogens with one attached hydrogen (secondary N) is 1. The zero-order valence-corrected chi connectivity index (χ0v) is 15.4. The monoisotopic (exact) mass is 459 g/mol. The molecule has 20 heavy (non-hydrogen) atoms. The first-order chi connectivity index (χ1) is 9.22. The molecule has 2 aromatic rings. The minimum absolute atomic E-state index is 0.0310. The molecule has 0 saturated heterocycles. The molecule has 10 heteroatoms. The average Bonchev–Trinajstić information content (AvgIpc) is 2.83. The Morgan fingerprint density at radius 3 is 2.55 bits per heavy atom. The van der Waals surface area contributed by atoms with Crippen molar-refractivity contribution in [2.75, 3.05) is 4.72 Å². The van der Waals surface area contributed by atoms with Crippen LogP contribution < -0.4 is 4.72 Å². The maximum Gasteiger partial charge on any atom is 0.348 e. The quantitative estimate of drug-likeness (QED) is 0.717. The van der Waals surface area contributed by atoms with E-state index in [1.165, 1.54) is 17.4 Å². The normalized spacial score (nSPS) is 11.6. The predicted octanol–water partition coefficient (Wildman–Crippen LogP) is 4.14. The summed E-state index contributed by atoms with van der Waals surface area (Å²) in [5, 5.41) is 10.7. The Balaban J connectivity index is 2.46. The van der Waals surface area contributed by atoms with Gasteiger partial charge in [-0.25, -0.2) is 13.2 Å². The molecule has 0 unspecified atom stereocenters. The number of anilines is 1. The van der Waals surface area contributed by atoms with E-state index in [1.54, 1.807) is 12.3 Å². The second kappa shape index (κ2) is 5.76. The van der Waals surface area contributed by atoms with Gasteiger partial charge in [0.2, 0.25) is 0 Å². The van der Waals surface area contributed by atoms with Gasteiger partial charge < -0.3 is 5.11 Å². The van der Waals surface area contributed by atoms with Crippen LogP contribution in [0.25, 0.3) is 0 Å². The molecule has 0 bridgehead atoms. The molecule has 0 radical (unpaired) electrons. The summed E-state index contributed by atoms with van der Waals surface area (Å²) in [6, 6.07) is 1.46. The highest BCUT2D eigenvalue weighted by Crippen LogP contribution is 2.37. The predicted molar refractivity (Wildman–Crippen MR) is 86.5 cm³/mol. The van der Waals surface area contributed by atoms with Gasteiger partial charge in [0.25, 0.3) is 10.0 Å². The standard InChI is InChI=1S/C10H7Br2NO4S3/c1-4-3-18-8(10(14)15)7(4)13-20(16,17)5-2-6(11)19-9(5)12/h2-3,13H,1H3,(H,14,15). The summed E-state index contributed by atoms with van der Waals surface area (Å²) < 4.78 is 28.1.